The van der Waals surface area contributed by atoms with E-state index in [9.17, 15) is 13.2 Å². The number of hydrogen-bond acceptors (Lipinski definition) is 6. The van der Waals surface area contributed by atoms with Crippen LogP contribution in [0.15, 0.2) is 77.7 Å². The topological polar surface area (TPSA) is 106 Å². The lowest BCUT2D eigenvalue weighted by atomic mass is 10.2. The number of hydrogen-bond donors (Lipinski definition) is 3. The van der Waals surface area contributed by atoms with Crippen molar-refractivity contribution in [2.75, 3.05) is 23.8 Å². The van der Waals surface area contributed by atoms with Crippen LogP contribution in [-0.2, 0) is 10.0 Å². The van der Waals surface area contributed by atoms with Crippen molar-refractivity contribution in [2.24, 2.45) is 0 Å². The van der Waals surface area contributed by atoms with Gasteiger partial charge < -0.3 is 14.8 Å². The van der Waals surface area contributed by atoms with Crippen molar-refractivity contribution >= 4 is 44.6 Å². The molecule has 190 valence electrons. The highest BCUT2D eigenvalue weighted by molar-refractivity contribution is 7.92. The summed E-state index contributed by atoms with van der Waals surface area (Å²) in [7, 11) is -2.25. The Kier molecular flexibility index (Phi) is 9.66. The SMILES string of the molecule is CCCCCOc1ccccc1C(=O)NC(=S)Nc1ccc(S(=O)(=O)Nc2ccc(OC)cc2)cc1. The molecule has 0 unspecified atom stereocenters. The number of ether oxygens (including phenoxy) is 2. The van der Waals surface area contributed by atoms with Gasteiger partial charge in [-0.15, -0.1) is 0 Å². The van der Waals surface area contributed by atoms with Crippen LogP contribution in [0.3, 0.4) is 0 Å². The molecule has 3 aromatic carbocycles. The smallest absolute Gasteiger partial charge is 0.261 e. The minimum atomic E-state index is -3.78. The van der Waals surface area contributed by atoms with Gasteiger partial charge in [0.15, 0.2) is 5.11 Å². The van der Waals surface area contributed by atoms with Crippen LogP contribution in [0.4, 0.5) is 11.4 Å². The molecule has 0 aliphatic heterocycles. The van der Waals surface area contributed by atoms with E-state index in [1.54, 1.807) is 54.6 Å². The number of methoxy groups -OCH3 is 1. The fourth-order valence-electron chi connectivity index (χ4n) is 3.24. The van der Waals surface area contributed by atoms with E-state index in [-0.39, 0.29) is 10.0 Å². The first-order valence-corrected chi connectivity index (χ1v) is 13.3. The maximum Gasteiger partial charge on any atom is 0.261 e. The van der Waals surface area contributed by atoms with E-state index in [2.05, 4.69) is 22.3 Å². The summed E-state index contributed by atoms with van der Waals surface area (Å²) in [6, 6.07) is 19.5. The van der Waals surface area contributed by atoms with Crippen LogP contribution in [0, 0.1) is 0 Å². The second-order valence-corrected chi connectivity index (χ2v) is 9.91. The fraction of sp³-hybridized carbons (Fsp3) is 0.231. The van der Waals surface area contributed by atoms with Crippen LogP contribution in [0.2, 0.25) is 0 Å². The molecule has 0 atom stereocenters. The van der Waals surface area contributed by atoms with Crippen LogP contribution in [-0.4, -0.2) is 33.2 Å². The van der Waals surface area contributed by atoms with Gasteiger partial charge in [-0.25, -0.2) is 8.42 Å². The maximum absolute atomic E-state index is 12.7. The van der Waals surface area contributed by atoms with E-state index in [4.69, 9.17) is 21.7 Å². The first-order valence-electron chi connectivity index (χ1n) is 11.4. The summed E-state index contributed by atoms with van der Waals surface area (Å²) in [6.07, 6.45) is 3.05. The maximum atomic E-state index is 12.7. The van der Waals surface area contributed by atoms with Crippen LogP contribution in [0.1, 0.15) is 36.5 Å². The summed E-state index contributed by atoms with van der Waals surface area (Å²) in [5, 5.41) is 5.60. The summed E-state index contributed by atoms with van der Waals surface area (Å²) >= 11 is 5.27. The average Bonchev–Trinajstić information content (AvgIpc) is 2.87. The molecule has 0 aliphatic carbocycles. The number of para-hydroxylation sites is 1. The van der Waals surface area contributed by atoms with Crippen molar-refractivity contribution < 1.29 is 22.7 Å². The monoisotopic (exact) mass is 527 g/mol. The predicted molar refractivity (Wildman–Crippen MR) is 145 cm³/mol. The molecule has 1 amide bonds. The van der Waals surface area contributed by atoms with Crippen molar-refractivity contribution in [3.63, 3.8) is 0 Å². The molecule has 0 radical (unpaired) electrons. The molecule has 3 aromatic rings. The fourth-order valence-corrected chi connectivity index (χ4v) is 4.51. The number of amides is 1. The Morgan fingerprint density at radius 2 is 1.58 bits per heavy atom. The van der Waals surface area contributed by atoms with Gasteiger partial charge in [0.25, 0.3) is 15.9 Å². The van der Waals surface area contributed by atoms with E-state index in [1.165, 1.54) is 19.2 Å². The van der Waals surface area contributed by atoms with Gasteiger partial charge in [0.05, 0.1) is 24.2 Å². The van der Waals surface area contributed by atoms with Crippen LogP contribution < -0.4 is 24.8 Å². The number of carbonyl (C=O) groups is 1. The zero-order valence-corrected chi connectivity index (χ0v) is 21.7. The van der Waals surface area contributed by atoms with Crippen LogP contribution in [0.25, 0.3) is 0 Å². The number of anilines is 2. The van der Waals surface area contributed by atoms with E-state index in [0.717, 1.165) is 19.3 Å². The molecule has 0 spiro atoms. The third-order valence-electron chi connectivity index (χ3n) is 5.13. The first kappa shape index (κ1) is 27.0. The van der Waals surface area contributed by atoms with Gasteiger partial charge in [0, 0.05) is 11.4 Å². The second-order valence-electron chi connectivity index (χ2n) is 7.82. The Morgan fingerprint density at radius 3 is 2.25 bits per heavy atom. The molecule has 0 heterocycles. The highest BCUT2D eigenvalue weighted by Crippen LogP contribution is 2.21. The van der Waals surface area contributed by atoms with E-state index < -0.39 is 15.9 Å². The predicted octanol–water partition coefficient (Wildman–Crippen LogP) is 5.19. The number of nitrogens with one attached hydrogen (secondary N) is 3. The normalized spacial score (nSPS) is 10.8. The van der Waals surface area contributed by atoms with Crippen molar-refractivity contribution in [3.8, 4) is 11.5 Å². The van der Waals surface area contributed by atoms with Gasteiger partial charge in [0.1, 0.15) is 11.5 Å². The average molecular weight is 528 g/mol. The zero-order chi connectivity index (χ0) is 26.0. The first-order chi connectivity index (χ1) is 17.3. The third-order valence-corrected chi connectivity index (χ3v) is 6.73. The molecule has 8 nitrogen and oxygen atoms in total. The molecular weight excluding hydrogens is 498 g/mol. The highest BCUT2D eigenvalue weighted by Gasteiger charge is 2.16. The summed E-state index contributed by atoms with van der Waals surface area (Å²) in [6.45, 7) is 2.64. The number of rotatable bonds is 11. The Morgan fingerprint density at radius 1 is 0.917 bits per heavy atom. The Balaban J connectivity index is 1.58. The highest BCUT2D eigenvalue weighted by atomic mass is 32.2. The van der Waals surface area contributed by atoms with Gasteiger partial charge in [-0.1, -0.05) is 31.9 Å². The number of sulfonamides is 1. The number of thiocarbonyl (C=S) groups is 1. The molecule has 0 saturated carbocycles. The molecule has 36 heavy (non-hydrogen) atoms. The van der Waals surface area contributed by atoms with Crippen molar-refractivity contribution in [1.29, 1.82) is 0 Å². The van der Waals surface area contributed by atoms with Gasteiger partial charge in [-0.05, 0) is 79.3 Å². The van der Waals surface area contributed by atoms with E-state index >= 15 is 0 Å². The number of benzene rings is 3. The second kappa shape index (κ2) is 12.9. The lowest BCUT2D eigenvalue weighted by Gasteiger charge is -2.13. The lowest BCUT2D eigenvalue weighted by Crippen LogP contribution is -2.34. The number of unbranched alkanes of at least 4 members (excludes halogenated alkanes) is 2. The summed E-state index contributed by atoms with van der Waals surface area (Å²) < 4.78 is 38.7. The number of carbonyl (C=O) groups excluding carboxylic acids is 1. The molecule has 0 bridgehead atoms. The largest absolute Gasteiger partial charge is 0.497 e. The Hall–Kier alpha value is -3.63. The summed E-state index contributed by atoms with van der Waals surface area (Å²) in [5.41, 5.74) is 1.31. The molecule has 0 aliphatic rings. The Labute approximate surface area is 217 Å². The van der Waals surface area contributed by atoms with Crippen molar-refractivity contribution in [2.45, 2.75) is 31.1 Å². The molecule has 0 fully saturated rings. The van der Waals surface area contributed by atoms with Gasteiger partial charge in [-0.2, -0.15) is 0 Å². The molecule has 10 heteroatoms. The minimum absolute atomic E-state index is 0.0766. The van der Waals surface area contributed by atoms with Crippen LogP contribution >= 0.6 is 12.2 Å². The molecular formula is C26H29N3O5S2. The van der Waals surface area contributed by atoms with Gasteiger partial charge in [-0.3, -0.25) is 14.8 Å². The Bertz CT molecular complexity index is 1280. The van der Waals surface area contributed by atoms with Crippen LogP contribution in [0.5, 0.6) is 11.5 Å². The lowest BCUT2D eigenvalue weighted by molar-refractivity contribution is 0.0973. The van der Waals surface area contributed by atoms with Gasteiger partial charge in [0.2, 0.25) is 0 Å². The van der Waals surface area contributed by atoms with E-state index in [1.807, 2.05) is 6.07 Å². The molecule has 3 rings (SSSR count). The zero-order valence-electron chi connectivity index (χ0n) is 20.1. The molecule has 0 saturated heterocycles. The molecule has 0 aromatic heterocycles. The summed E-state index contributed by atoms with van der Waals surface area (Å²) in [5.74, 6) is 0.716. The molecule has 3 N–H and O–H groups in total. The van der Waals surface area contributed by atoms with E-state index in [0.29, 0.717) is 35.0 Å². The summed E-state index contributed by atoms with van der Waals surface area (Å²) in [4.78, 5) is 12.8. The standard InChI is InChI=1S/C26H29N3O5S2/c1-3-4-7-18-34-24-9-6-5-8-23(24)25(30)28-26(35)27-19-12-16-22(17-13-19)36(31,32)29-20-10-14-21(33-2)15-11-20/h5-6,8-17,29H,3-4,7,18H2,1-2H3,(H2,27,28,30,35). The third kappa shape index (κ3) is 7.69. The van der Waals surface area contributed by atoms with Gasteiger partial charge >= 0.3 is 0 Å². The van der Waals surface area contributed by atoms with Crippen molar-refractivity contribution in [3.05, 3.63) is 78.4 Å². The minimum Gasteiger partial charge on any atom is -0.497 e. The van der Waals surface area contributed by atoms with Crippen molar-refractivity contribution in [1.82, 2.24) is 5.32 Å². The quantitative estimate of drug-likeness (QED) is 0.233.